The Hall–Kier alpha value is -0.570. The summed E-state index contributed by atoms with van der Waals surface area (Å²) in [6.07, 6.45) is 6.04. The molecule has 0 atom stereocenters. The molecule has 3 rings (SSSR count). The summed E-state index contributed by atoms with van der Waals surface area (Å²) < 4.78 is 0. The van der Waals surface area contributed by atoms with E-state index >= 15 is 0 Å². The van der Waals surface area contributed by atoms with Crippen LogP contribution in [0.3, 0.4) is 0 Å². The van der Waals surface area contributed by atoms with Crippen molar-refractivity contribution in [2.45, 2.75) is 58.9 Å². The van der Waals surface area contributed by atoms with Crippen LogP contribution in [0, 0.1) is 23.7 Å². The summed E-state index contributed by atoms with van der Waals surface area (Å²) in [6.45, 7) is 11.5. The van der Waals surface area contributed by atoms with Crippen LogP contribution in [0.25, 0.3) is 0 Å². The highest BCUT2D eigenvalue weighted by molar-refractivity contribution is 5.79. The van der Waals surface area contributed by atoms with E-state index in [2.05, 4.69) is 30.6 Å². The normalized spacial score (nSPS) is 32.1. The van der Waals surface area contributed by atoms with Gasteiger partial charge in [0, 0.05) is 38.1 Å². The van der Waals surface area contributed by atoms with Gasteiger partial charge in [0.15, 0.2) is 0 Å². The zero-order valence-corrected chi connectivity index (χ0v) is 14.1. The summed E-state index contributed by atoms with van der Waals surface area (Å²) in [7, 11) is 0. The third-order valence-electron chi connectivity index (χ3n) is 6.35. The van der Waals surface area contributed by atoms with Crippen LogP contribution < -0.4 is 0 Å². The second-order valence-electron chi connectivity index (χ2n) is 7.91. The van der Waals surface area contributed by atoms with E-state index in [1.54, 1.807) is 0 Å². The second kappa shape index (κ2) is 6.28. The molecule has 21 heavy (non-hydrogen) atoms. The Morgan fingerprint density at radius 1 is 1.10 bits per heavy atom. The maximum Gasteiger partial charge on any atom is 0.225 e. The molecule has 0 aromatic rings. The average Bonchev–Trinajstić information content (AvgIpc) is 2.36. The Balaban J connectivity index is 1.39. The molecule has 3 aliphatic rings. The fraction of sp³-hybridized carbons (Fsp3) is 0.944. The Kier molecular flexibility index (Phi) is 4.58. The van der Waals surface area contributed by atoms with Gasteiger partial charge in [-0.3, -0.25) is 4.79 Å². The monoisotopic (exact) mass is 292 g/mol. The van der Waals surface area contributed by atoms with Crippen molar-refractivity contribution in [2.24, 2.45) is 23.7 Å². The van der Waals surface area contributed by atoms with Gasteiger partial charge in [0.1, 0.15) is 0 Å². The highest BCUT2D eigenvalue weighted by Gasteiger charge is 2.39. The number of likely N-dealkylation sites (tertiary alicyclic amines) is 2. The lowest BCUT2D eigenvalue weighted by atomic mass is 9.72. The minimum Gasteiger partial charge on any atom is -0.342 e. The van der Waals surface area contributed by atoms with Gasteiger partial charge in [0.05, 0.1) is 0 Å². The summed E-state index contributed by atoms with van der Waals surface area (Å²) in [5.41, 5.74) is 0. The summed E-state index contributed by atoms with van der Waals surface area (Å²) >= 11 is 0. The Morgan fingerprint density at radius 3 is 2.24 bits per heavy atom. The molecule has 120 valence electrons. The summed E-state index contributed by atoms with van der Waals surface area (Å²) in [5.74, 6) is 3.43. The quantitative estimate of drug-likeness (QED) is 0.795. The minimum atomic E-state index is 0.367. The molecular formula is C18H32N2O. The topological polar surface area (TPSA) is 23.6 Å². The molecular weight excluding hydrogens is 260 g/mol. The van der Waals surface area contributed by atoms with Crippen molar-refractivity contribution >= 4 is 5.91 Å². The van der Waals surface area contributed by atoms with Gasteiger partial charge in [-0.1, -0.05) is 13.3 Å². The first-order chi connectivity index (χ1) is 10.1. The highest BCUT2D eigenvalue weighted by atomic mass is 16.2. The number of amides is 1. The SMILES string of the molecule is CCC1CC(C(=O)N2CCC(C3CN(C(C)C)C3)CC2)C1. The molecule has 3 fully saturated rings. The van der Waals surface area contributed by atoms with Gasteiger partial charge in [0.25, 0.3) is 0 Å². The molecule has 0 N–H and O–H groups in total. The molecule has 2 saturated heterocycles. The van der Waals surface area contributed by atoms with Crippen LogP contribution in [0.1, 0.15) is 52.9 Å². The lowest BCUT2D eigenvalue weighted by molar-refractivity contribution is -0.142. The van der Waals surface area contributed by atoms with Gasteiger partial charge in [-0.25, -0.2) is 0 Å². The van der Waals surface area contributed by atoms with Crippen molar-refractivity contribution in [3.8, 4) is 0 Å². The van der Waals surface area contributed by atoms with E-state index in [4.69, 9.17) is 0 Å². The standard InChI is InChI=1S/C18H32N2O/c1-4-14-9-16(10-14)18(21)19-7-5-15(6-8-19)17-11-20(12-17)13(2)3/h13-17H,4-12H2,1-3H3. The van der Waals surface area contributed by atoms with Gasteiger partial charge in [-0.15, -0.1) is 0 Å². The minimum absolute atomic E-state index is 0.367. The van der Waals surface area contributed by atoms with Crippen LogP contribution in [0.4, 0.5) is 0 Å². The van der Waals surface area contributed by atoms with Gasteiger partial charge in [-0.2, -0.15) is 0 Å². The third-order valence-corrected chi connectivity index (χ3v) is 6.35. The zero-order chi connectivity index (χ0) is 15.0. The van der Waals surface area contributed by atoms with E-state index in [0.29, 0.717) is 17.9 Å². The molecule has 0 radical (unpaired) electrons. The Morgan fingerprint density at radius 2 is 1.71 bits per heavy atom. The van der Waals surface area contributed by atoms with E-state index in [9.17, 15) is 4.79 Å². The van der Waals surface area contributed by atoms with Crippen molar-refractivity contribution in [3.05, 3.63) is 0 Å². The molecule has 0 spiro atoms. The zero-order valence-electron chi connectivity index (χ0n) is 14.1. The second-order valence-corrected chi connectivity index (χ2v) is 7.91. The largest absolute Gasteiger partial charge is 0.342 e. The van der Waals surface area contributed by atoms with Crippen LogP contribution >= 0.6 is 0 Å². The summed E-state index contributed by atoms with van der Waals surface area (Å²) in [6, 6.07) is 0.702. The summed E-state index contributed by atoms with van der Waals surface area (Å²) in [4.78, 5) is 17.2. The van der Waals surface area contributed by atoms with E-state index in [1.807, 2.05) is 0 Å². The fourth-order valence-corrected chi connectivity index (χ4v) is 4.39. The van der Waals surface area contributed by atoms with Crippen LogP contribution in [0.2, 0.25) is 0 Å². The van der Waals surface area contributed by atoms with Crippen molar-refractivity contribution in [1.82, 2.24) is 9.80 Å². The molecule has 0 unspecified atom stereocenters. The average molecular weight is 292 g/mol. The van der Waals surface area contributed by atoms with E-state index in [-0.39, 0.29) is 0 Å². The van der Waals surface area contributed by atoms with Crippen LogP contribution in [-0.2, 0) is 4.79 Å². The third kappa shape index (κ3) is 3.13. The van der Waals surface area contributed by atoms with Crippen molar-refractivity contribution in [1.29, 1.82) is 0 Å². The van der Waals surface area contributed by atoms with E-state index in [0.717, 1.165) is 43.7 Å². The van der Waals surface area contributed by atoms with E-state index < -0.39 is 0 Å². The molecule has 2 heterocycles. The van der Waals surface area contributed by atoms with Crippen molar-refractivity contribution in [3.63, 3.8) is 0 Å². The van der Waals surface area contributed by atoms with E-state index in [1.165, 1.54) is 32.4 Å². The van der Waals surface area contributed by atoms with Gasteiger partial charge in [-0.05, 0) is 57.3 Å². The number of carbonyl (C=O) groups excluding carboxylic acids is 1. The number of hydrogen-bond acceptors (Lipinski definition) is 2. The smallest absolute Gasteiger partial charge is 0.225 e. The predicted molar refractivity (Wildman–Crippen MR) is 86.0 cm³/mol. The molecule has 0 aromatic heterocycles. The lowest BCUT2D eigenvalue weighted by Crippen LogP contribution is -2.55. The maximum absolute atomic E-state index is 12.5. The van der Waals surface area contributed by atoms with Gasteiger partial charge in [0.2, 0.25) is 5.91 Å². The first kappa shape index (κ1) is 15.3. The molecule has 2 aliphatic heterocycles. The molecule has 1 amide bonds. The highest BCUT2D eigenvalue weighted by Crippen LogP contribution is 2.38. The number of hydrogen-bond donors (Lipinski definition) is 0. The molecule has 3 heteroatoms. The first-order valence-electron chi connectivity index (χ1n) is 9.11. The molecule has 0 aromatic carbocycles. The van der Waals surface area contributed by atoms with Crippen LogP contribution in [-0.4, -0.2) is 47.9 Å². The van der Waals surface area contributed by atoms with Crippen LogP contribution in [0.15, 0.2) is 0 Å². The first-order valence-corrected chi connectivity index (χ1v) is 9.11. The fourth-order valence-electron chi connectivity index (χ4n) is 4.39. The molecule has 0 bridgehead atoms. The van der Waals surface area contributed by atoms with Crippen LogP contribution in [0.5, 0.6) is 0 Å². The Labute approximate surface area is 130 Å². The molecule has 1 aliphatic carbocycles. The maximum atomic E-state index is 12.5. The number of piperidine rings is 1. The van der Waals surface area contributed by atoms with Gasteiger partial charge < -0.3 is 9.80 Å². The van der Waals surface area contributed by atoms with Crippen molar-refractivity contribution in [2.75, 3.05) is 26.2 Å². The number of carbonyl (C=O) groups is 1. The summed E-state index contributed by atoms with van der Waals surface area (Å²) in [5, 5.41) is 0. The molecule has 1 saturated carbocycles. The molecule has 3 nitrogen and oxygen atoms in total. The number of rotatable bonds is 4. The van der Waals surface area contributed by atoms with Crippen molar-refractivity contribution < 1.29 is 4.79 Å². The Bertz CT molecular complexity index is 361. The predicted octanol–water partition coefficient (Wildman–Crippen LogP) is 3.00. The lowest BCUT2D eigenvalue weighted by Gasteiger charge is -2.48. The number of nitrogens with zero attached hydrogens (tertiary/aromatic N) is 2. The van der Waals surface area contributed by atoms with Gasteiger partial charge >= 0.3 is 0 Å².